The number of fused-ring (bicyclic) bond motifs is 1. The van der Waals surface area contributed by atoms with E-state index in [1.165, 1.54) is 24.1 Å². The SMILES string of the molecule is CC(Br)C(C)C1CCc2cccnc21. The van der Waals surface area contributed by atoms with E-state index in [-0.39, 0.29) is 0 Å². The Labute approximate surface area is 94.1 Å². The van der Waals surface area contributed by atoms with Gasteiger partial charge in [-0.15, -0.1) is 0 Å². The number of pyridine rings is 1. The van der Waals surface area contributed by atoms with Gasteiger partial charge in [-0.2, -0.15) is 0 Å². The lowest BCUT2D eigenvalue weighted by molar-refractivity contribution is 0.450. The molecule has 1 aliphatic rings. The summed E-state index contributed by atoms with van der Waals surface area (Å²) < 4.78 is 0. The topological polar surface area (TPSA) is 12.9 Å². The molecule has 1 aliphatic carbocycles. The molecule has 1 aromatic rings. The van der Waals surface area contributed by atoms with Gasteiger partial charge >= 0.3 is 0 Å². The molecule has 3 atom stereocenters. The van der Waals surface area contributed by atoms with E-state index in [0.29, 0.717) is 16.7 Å². The molecule has 1 aromatic heterocycles. The highest BCUT2D eigenvalue weighted by atomic mass is 79.9. The molecule has 2 heteroatoms. The van der Waals surface area contributed by atoms with E-state index >= 15 is 0 Å². The Morgan fingerprint density at radius 2 is 2.29 bits per heavy atom. The van der Waals surface area contributed by atoms with Crippen molar-refractivity contribution in [1.82, 2.24) is 4.98 Å². The summed E-state index contributed by atoms with van der Waals surface area (Å²) in [5.41, 5.74) is 2.80. The highest BCUT2D eigenvalue weighted by Gasteiger charge is 2.30. The lowest BCUT2D eigenvalue weighted by atomic mass is 9.89. The summed E-state index contributed by atoms with van der Waals surface area (Å²) in [7, 11) is 0. The summed E-state index contributed by atoms with van der Waals surface area (Å²) >= 11 is 3.67. The number of aromatic nitrogens is 1. The maximum atomic E-state index is 4.52. The van der Waals surface area contributed by atoms with Gasteiger partial charge < -0.3 is 0 Å². The van der Waals surface area contributed by atoms with Crippen LogP contribution in [-0.4, -0.2) is 9.81 Å². The van der Waals surface area contributed by atoms with Crippen molar-refractivity contribution in [2.24, 2.45) is 5.92 Å². The molecule has 0 saturated heterocycles. The average molecular weight is 254 g/mol. The number of hydrogen-bond donors (Lipinski definition) is 0. The minimum Gasteiger partial charge on any atom is -0.261 e. The fourth-order valence-corrected chi connectivity index (χ4v) is 2.64. The van der Waals surface area contributed by atoms with Crippen molar-refractivity contribution in [1.29, 1.82) is 0 Å². The molecular weight excluding hydrogens is 238 g/mol. The molecule has 0 saturated carbocycles. The highest BCUT2D eigenvalue weighted by Crippen LogP contribution is 2.39. The summed E-state index contributed by atoms with van der Waals surface area (Å²) in [6.07, 6.45) is 4.39. The Hall–Kier alpha value is -0.370. The van der Waals surface area contributed by atoms with Crippen LogP contribution in [0.2, 0.25) is 0 Å². The summed E-state index contributed by atoms with van der Waals surface area (Å²) in [4.78, 5) is 5.09. The predicted molar refractivity (Wildman–Crippen MR) is 62.9 cm³/mol. The summed E-state index contributed by atoms with van der Waals surface area (Å²) in [6, 6.07) is 4.26. The van der Waals surface area contributed by atoms with Gasteiger partial charge in [0.1, 0.15) is 0 Å². The van der Waals surface area contributed by atoms with Crippen molar-refractivity contribution in [3.8, 4) is 0 Å². The largest absolute Gasteiger partial charge is 0.261 e. The number of alkyl halides is 1. The number of halogens is 1. The Balaban J connectivity index is 2.26. The first-order chi connectivity index (χ1) is 6.70. The zero-order valence-corrected chi connectivity index (χ0v) is 10.3. The zero-order valence-electron chi connectivity index (χ0n) is 8.70. The van der Waals surface area contributed by atoms with E-state index < -0.39 is 0 Å². The van der Waals surface area contributed by atoms with Crippen molar-refractivity contribution in [2.45, 2.75) is 37.4 Å². The smallest absolute Gasteiger partial charge is 0.0469 e. The van der Waals surface area contributed by atoms with Gasteiger partial charge in [-0.3, -0.25) is 4.98 Å². The van der Waals surface area contributed by atoms with Gasteiger partial charge in [0.2, 0.25) is 0 Å². The third-order valence-corrected chi connectivity index (χ3v) is 4.20. The molecule has 0 N–H and O–H groups in total. The van der Waals surface area contributed by atoms with Gasteiger partial charge in [-0.25, -0.2) is 0 Å². The lowest BCUT2D eigenvalue weighted by Gasteiger charge is -2.21. The van der Waals surface area contributed by atoms with Crippen molar-refractivity contribution < 1.29 is 0 Å². The van der Waals surface area contributed by atoms with Crippen LogP contribution in [0.5, 0.6) is 0 Å². The lowest BCUT2D eigenvalue weighted by Crippen LogP contribution is -2.15. The molecule has 1 nitrogen and oxygen atoms in total. The number of nitrogens with zero attached hydrogens (tertiary/aromatic N) is 1. The van der Waals surface area contributed by atoms with Crippen LogP contribution in [0, 0.1) is 5.92 Å². The Morgan fingerprint density at radius 1 is 1.50 bits per heavy atom. The Kier molecular flexibility index (Phi) is 2.91. The van der Waals surface area contributed by atoms with E-state index in [0.717, 1.165) is 0 Å². The average Bonchev–Trinajstić information content (AvgIpc) is 2.60. The summed E-state index contributed by atoms with van der Waals surface area (Å²) in [5.74, 6) is 1.33. The molecule has 0 bridgehead atoms. The van der Waals surface area contributed by atoms with E-state index in [2.05, 4.69) is 40.8 Å². The predicted octanol–water partition coefficient (Wildman–Crippen LogP) is 3.53. The first-order valence-electron chi connectivity index (χ1n) is 5.28. The molecular formula is C12H16BrN. The Morgan fingerprint density at radius 3 is 3.00 bits per heavy atom. The number of rotatable bonds is 2. The van der Waals surface area contributed by atoms with Crippen molar-refractivity contribution >= 4 is 15.9 Å². The fourth-order valence-electron chi connectivity index (χ4n) is 2.28. The van der Waals surface area contributed by atoms with Gasteiger partial charge in [0.25, 0.3) is 0 Å². The van der Waals surface area contributed by atoms with Crippen LogP contribution in [0.1, 0.15) is 37.4 Å². The van der Waals surface area contributed by atoms with Crippen LogP contribution < -0.4 is 0 Å². The first-order valence-corrected chi connectivity index (χ1v) is 6.19. The molecule has 0 radical (unpaired) electrons. The third kappa shape index (κ3) is 1.72. The van der Waals surface area contributed by atoms with Crippen LogP contribution in [0.4, 0.5) is 0 Å². The van der Waals surface area contributed by atoms with Crippen molar-refractivity contribution in [2.75, 3.05) is 0 Å². The van der Waals surface area contributed by atoms with Crippen LogP contribution in [0.15, 0.2) is 18.3 Å². The van der Waals surface area contributed by atoms with Gasteiger partial charge in [-0.05, 0) is 30.4 Å². The molecule has 2 rings (SSSR count). The molecule has 3 unspecified atom stereocenters. The molecule has 0 aromatic carbocycles. The standard InChI is InChI=1S/C12H16BrN/c1-8(9(2)13)11-6-5-10-4-3-7-14-12(10)11/h3-4,7-9,11H,5-6H2,1-2H3. The second kappa shape index (κ2) is 4.01. The Bertz CT molecular complexity index is 322. The van der Waals surface area contributed by atoms with Gasteiger partial charge in [0.15, 0.2) is 0 Å². The van der Waals surface area contributed by atoms with E-state index in [1.54, 1.807) is 0 Å². The molecule has 76 valence electrons. The first kappa shape index (κ1) is 10.2. The van der Waals surface area contributed by atoms with E-state index in [9.17, 15) is 0 Å². The maximum Gasteiger partial charge on any atom is 0.0469 e. The van der Waals surface area contributed by atoms with Gasteiger partial charge in [-0.1, -0.05) is 35.8 Å². The van der Waals surface area contributed by atoms with Crippen LogP contribution in [-0.2, 0) is 6.42 Å². The van der Waals surface area contributed by atoms with Crippen molar-refractivity contribution in [3.05, 3.63) is 29.6 Å². The summed E-state index contributed by atoms with van der Waals surface area (Å²) in [5, 5.41) is 0. The highest BCUT2D eigenvalue weighted by molar-refractivity contribution is 9.09. The van der Waals surface area contributed by atoms with E-state index in [1.807, 2.05) is 12.3 Å². The molecule has 0 spiro atoms. The second-order valence-corrected chi connectivity index (χ2v) is 5.67. The van der Waals surface area contributed by atoms with Crippen LogP contribution in [0.3, 0.4) is 0 Å². The number of hydrogen-bond acceptors (Lipinski definition) is 1. The third-order valence-electron chi connectivity index (χ3n) is 3.36. The van der Waals surface area contributed by atoms with Gasteiger partial charge in [0.05, 0.1) is 0 Å². The zero-order chi connectivity index (χ0) is 10.1. The minimum atomic E-state index is 0.570. The van der Waals surface area contributed by atoms with Crippen LogP contribution >= 0.6 is 15.9 Å². The fraction of sp³-hybridized carbons (Fsp3) is 0.583. The minimum absolute atomic E-state index is 0.570. The molecule has 0 aliphatic heterocycles. The normalized spacial score (nSPS) is 24.4. The van der Waals surface area contributed by atoms with Gasteiger partial charge in [0, 0.05) is 22.6 Å². The quantitative estimate of drug-likeness (QED) is 0.736. The van der Waals surface area contributed by atoms with Crippen LogP contribution in [0.25, 0.3) is 0 Å². The van der Waals surface area contributed by atoms with E-state index in [4.69, 9.17) is 0 Å². The molecule has 1 heterocycles. The molecule has 0 amide bonds. The molecule has 0 fully saturated rings. The summed E-state index contributed by atoms with van der Waals surface area (Å²) in [6.45, 7) is 4.54. The monoisotopic (exact) mass is 253 g/mol. The second-order valence-electron chi connectivity index (χ2n) is 4.23. The molecule has 14 heavy (non-hydrogen) atoms. The maximum absolute atomic E-state index is 4.52. The van der Waals surface area contributed by atoms with Crippen molar-refractivity contribution in [3.63, 3.8) is 0 Å². The number of aryl methyl sites for hydroxylation is 1.